The van der Waals surface area contributed by atoms with Gasteiger partial charge in [-0.15, -0.1) is 0 Å². The Bertz CT molecular complexity index is 308. The van der Waals surface area contributed by atoms with Gasteiger partial charge in [0, 0.05) is 6.42 Å². The molecule has 1 amide bonds. The molecule has 1 N–H and O–H groups in total. The number of nitrogens with one attached hydrogen (secondary N) is 1. The minimum atomic E-state index is -0.300. The van der Waals surface area contributed by atoms with E-state index >= 15 is 0 Å². The molecule has 2 aliphatic rings. The molecule has 2 bridgehead atoms. The molecule has 0 heterocycles. The molecule has 0 aliphatic heterocycles. The number of rotatable bonds is 4. The number of hydrogen-bond donors (Lipinski definition) is 1. The first-order valence-corrected chi connectivity index (χ1v) is 6.42. The zero-order chi connectivity index (χ0) is 11.5. The Labute approximate surface area is 97.2 Å². The average molecular weight is 220 g/mol. The lowest BCUT2D eigenvalue weighted by Crippen LogP contribution is -2.34. The van der Waals surface area contributed by atoms with Gasteiger partial charge < -0.3 is 5.32 Å². The van der Waals surface area contributed by atoms with Crippen molar-refractivity contribution >= 4 is 5.91 Å². The number of nitriles is 1. The maximum absolute atomic E-state index is 11.7. The van der Waals surface area contributed by atoms with E-state index in [1.54, 1.807) is 0 Å². The molecule has 0 spiro atoms. The van der Waals surface area contributed by atoms with Gasteiger partial charge in [-0.2, -0.15) is 5.26 Å². The number of nitrogens with zero attached hydrogens (tertiary/aromatic N) is 1. The van der Waals surface area contributed by atoms with Crippen molar-refractivity contribution in [3.05, 3.63) is 0 Å². The van der Waals surface area contributed by atoms with E-state index < -0.39 is 0 Å². The Kier molecular flexibility index (Phi) is 3.48. The van der Waals surface area contributed by atoms with Gasteiger partial charge in [-0.1, -0.05) is 13.3 Å². The number of carbonyl (C=O) groups excluding carboxylic acids is 1. The first-order valence-electron chi connectivity index (χ1n) is 6.42. The third kappa shape index (κ3) is 2.37. The fourth-order valence-corrected chi connectivity index (χ4v) is 3.34. The Hall–Kier alpha value is -1.04. The molecule has 16 heavy (non-hydrogen) atoms. The maximum atomic E-state index is 11.7. The van der Waals surface area contributed by atoms with E-state index in [4.69, 9.17) is 5.26 Å². The summed E-state index contributed by atoms with van der Waals surface area (Å²) in [5.74, 6) is 2.35. The normalized spacial score (nSPS) is 33.4. The molecule has 0 aromatic rings. The highest BCUT2D eigenvalue weighted by Crippen LogP contribution is 2.49. The van der Waals surface area contributed by atoms with Crippen molar-refractivity contribution < 1.29 is 4.79 Å². The van der Waals surface area contributed by atoms with Gasteiger partial charge in [-0.25, -0.2) is 0 Å². The molecule has 0 radical (unpaired) electrons. The van der Waals surface area contributed by atoms with Crippen LogP contribution in [0.15, 0.2) is 0 Å². The second-order valence-electron chi connectivity index (χ2n) is 5.30. The van der Waals surface area contributed by atoms with E-state index in [9.17, 15) is 4.79 Å². The summed E-state index contributed by atoms with van der Waals surface area (Å²) in [6.07, 6.45) is 6.60. The largest absolute Gasteiger partial charge is 0.340 e. The molecule has 2 fully saturated rings. The number of carbonyl (C=O) groups is 1. The Morgan fingerprint density at radius 2 is 2.31 bits per heavy atom. The molecule has 2 aliphatic carbocycles. The molecular weight excluding hydrogens is 200 g/mol. The smallest absolute Gasteiger partial charge is 0.221 e. The minimum Gasteiger partial charge on any atom is -0.340 e. The molecule has 2 saturated carbocycles. The summed E-state index contributed by atoms with van der Waals surface area (Å²) < 4.78 is 0. The van der Waals surface area contributed by atoms with Gasteiger partial charge >= 0.3 is 0 Å². The van der Waals surface area contributed by atoms with Crippen molar-refractivity contribution in [1.29, 1.82) is 5.26 Å². The van der Waals surface area contributed by atoms with Crippen molar-refractivity contribution in [2.24, 2.45) is 17.8 Å². The lowest BCUT2D eigenvalue weighted by Gasteiger charge is -2.21. The van der Waals surface area contributed by atoms with E-state index in [0.29, 0.717) is 18.8 Å². The number of amides is 1. The van der Waals surface area contributed by atoms with E-state index in [1.807, 2.05) is 6.92 Å². The van der Waals surface area contributed by atoms with E-state index in [-0.39, 0.29) is 11.9 Å². The van der Waals surface area contributed by atoms with Crippen LogP contribution in [0.3, 0.4) is 0 Å². The second-order valence-corrected chi connectivity index (χ2v) is 5.30. The summed E-state index contributed by atoms with van der Waals surface area (Å²) in [7, 11) is 0. The van der Waals surface area contributed by atoms with Crippen LogP contribution in [0.5, 0.6) is 0 Å². The van der Waals surface area contributed by atoms with Crippen LogP contribution in [0.1, 0.15) is 45.4 Å². The van der Waals surface area contributed by atoms with Crippen LogP contribution in [0, 0.1) is 29.1 Å². The van der Waals surface area contributed by atoms with Crippen molar-refractivity contribution in [1.82, 2.24) is 5.32 Å². The fraction of sp³-hybridized carbons (Fsp3) is 0.846. The van der Waals surface area contributed by atoms with Crippen LogP contribution < -0.4 is 5.32 Å². The van der Waals surface area contributed by atoms with Gasteiger partial charge in [0.15, 0.2) is 0 Å². The summed E-state index contributed by atoms with van der Waals surface area (Å²) >= 11 is 0. The van der Waals surface area contributed by atoms with E-state index in [1.165, 1.54) is 25.7 Å². The Balaban J connectivity index is 1.78. The molecule has 88 valence electrons. The predicted octanol–water partition coefficient (Wildman–Crippen LogP) is 2.23. The highest BCUT2D eigenvalue weighted by Gasteiger charge is 2.40. The Morgan fingerprint density at radius 3 is 2.81 bits per heavy atom. The fourth-order valence-electron chi connectivity index (χ4n) is 3.34. The SMILES string of the molecule is CCC(C#N)NC(=O)CC1CC2CCC1C2. The topological polar surface area (TPSA) is 52.9 Å². The molecule has 3 heteroatoms. The lowest BCUT2D eigenvalue weighted by molar-refractivity contribution is -0.122. The molecule has 0 aromatic carbocycles. The van der Waals surface area contributed by atoms with Crippen LogP contribution in [0.25, 0.3) is 0 Å². The van der Waals surface area contributed by atoms with Crippen molar-refractivity contribution in [2.45, 2.75) is 51.5 Å². The summed E-state index contributed by atoms with van der Waals surface area (Å²) in [6, 6.07) is 1.81. The third-order valence-corrected chi connectivity index (χ3v) is 4.23. The highest BCUT2D eigenvalue weighted by molar-refractivity contribution is 5.76. The summed E-state index contributed by atoms with van der Waals surface area (Å²) in [5.41, 5.74) is 0. The van der Waals surface area contributed by atoms with E-state index in [2.05, 4.69) is 11.4 Å². The highest BCUT2D eigenvalue weighted by atomic mass is 16.1. The quantitative estimate of drug-likeness (QED) is 0.790. The molecule has 0 aromatic heterocycles. The van der Waals surface area contributed by atoms with Gasteiger partial charge in [-0.05, 0) is 43.4 Å². The van der Waals surface area contributed by atoms with Crippen molar-refractivity contribution in [3.8, 4) is 6.07 Å². The monoisotopic (exact) mass is 220 g/mol. The standard InChI is InChI=1S/C13H20N2O/c1-2-12(8-14)15-13(16)7-11-6-9-3-4-10(11)5-9/h9-12H,2-7H2,1H3,(H,15,16). The summed E-state index contributed by atoms with van der Waals surface area (Å²) in [6.45, 7) is 1.92. The van der Waals surface area contributed by atoms with Gasteiger partial charge in [0.1, 0.15) is 6.04 Å². The second kappa shape index (κ2) is 4.86. The van der Waals surface area contributed by atoms with Crippen molar-refractivity contribution in [2.75, 3.05) is 0 Å². The molecule has 4 unspecified atom stereocenters. The third-order valence-electron chi connectivity index (χ3n) is 4.23. The summed E-state index contributed by atoms with van der Waals surface area (Å²) in [5, 5.41) is 11.6. The van der Waals surface area contributed by atoms with Crippen LogP contribution >= 0.6 is 0 Å². The molecule has 3 nitrogen and oxygen atoms in total. The molecule has 0 saturated heterocycles. The summed E-state index contributed by atoms with van der Waals surface area (Å²) in [4.78, 5) is 11.7. The minimum absolute atomic E-state index is 0.0750. The van der Waals surface area contributed by atoms with Gasteiger partial charge in [0.2, 0.25) is 5.91 Å². The molecule has 2 rings (SSSR count). The van der Waals surface area contributed by atoms with Crippen LogP contribution in [-0.4, -0.2) is 11.9 Å². The molecule has 4 atom stereocenters. The van der Waals surface area contributed by atoms with Gasteiger partial charge in [-0.3, -0.25) is 4.79 Å². The Morgan fingerprint density at radius 1 is 1.50 bits per heavy atom. The van der Waals surface area contributed by atoms with Gasteiger partial charge in [0.05, 0.1) is 6.07 Å². The predicted molar refractivity (Wildman–Crippen MR) is 61.4 cm³/mol. The maximum Gasteiger partial charge on any atom is 0.221 e. The lowest BCUT2D eigenvalue weighted by atomic mass is 9.86. The zero-order valence-corrected chi connectivity index (χ0v) is 9.91. The van der Waals surface area contributed by atoms with Crippen LogP contribution in [-0.2, 0) is 4.79 Å². The van der Waals surface area contributed by atoms with E-state index in [0.717, 1.165) is 11.8 Å². The first-order chi connectivity index (χ1) is 7.72. The first kappa shape index (κ1) is 11.4. The van der Waals surface area contributed by atoms with Gasteiger partial charge in [0.25, 0.3) is 0 Å². The molecular formula is C13H20N2O. The number of fused-ring (bicyclic) bond motifs is 2. The van der Waals surface area contributed by atoms with Crippen molar-refractivity contribution in [3.63, 3.8) is 0 Å². The average Bonchev–Trinajstić information content (AvgIpc) is 2.87. The van der Waals surface area contributed by atoms with Crippen LogP contribution in [0.2, 0.25) is 0 Å². The number of hydrogen-bond acceptors (Lipinski definition) is 2. The zero-order valence-electron chi connectivity index (χ0n) is 9.91. The van der Waals surface area contributed by atoms with Crippen LogP contribution in [0.4, 0.5) is 0 Å².